The number of nitrogens with zero attached hydrogens (tertiary/aromatic N) is 1. The molecular formula is C24H29BrN4O5. The van der Waals surface area contributed by atoms with Crippen molar-refractivity contribution in [3.05, 3.63) is 51.5 Å². The Bertz CT molecular complexity index is 1070. The van der Waals surface area contributed by atoms with E-state index in [-0.39, 0.29) is 18.6 Å². The van der Waals surface area contributed by atoms with E-state index in [1.807, 2.05) is 39.0 Å². The van der Waals surface area contributed by atoms with E-state index in [4.69, 9.17) is 9.47 Å². The summed E-state index contributed by atoms with van der Waals surface area (Å²) in [4.78, 5) is 36.0. The van der Waals surface area contributed by atoms with E-state index in [0.29, 0.717) is 28.0 Å². The lowest BCUT2D eigenvalue weighted by molar-refractivity contribution is -0.139. The molecule has 0 radical (unpaired) electrons. The first-order valence-corrected chi connectivity index (χ1v) is 11.5. The van der Waals surface area contributed by atoms with Gasteiger partial charge in [-0.25, -0.2) is 5.43 Å². The fourth-order valence-corrected chi connectivity index (χ4v) is 3.46. The van der Waals surface area contributed by atoms with Gasteiger partial charge in [0.25, 0.3) is 5.91 Å². The predicted octanol–water partition coefficient (Wildman–Crippen LogP) is 3.46. The van der Waals surface area contributed by atoms with Crippen LogP contribution in [0.1, 0.15) is 37.0 Å². The number of methoxy groups -OCH3 is 1. The Balaban J connectivity index is 2.02. The van der Waals surface area contributed by atoms with E-state index in [0.717, 1.165) is 16.8 Å². The minimum Gasteiger partial charge on any atom is -0.493 e. The van der Waals surface area contributed by atoms with Crippen LogP contribution in [-0.2, 0) is 14.4 Å². The third kappa shape index (κ3) is 7.58. The standard InChI is InChI=1S/C24H29BrN4O5/c1-6-16(4)27-23(31)24(32)29-26-12-17-10-18(25)22(19(11-17)33-5)34-13-20(30)28-21-14(2)8-7-9-15(21)3/h7-12,16H,6,13H2,1-5H3,(H,27,31)(H,28,30)(H,29,32)/b26-12-/t16-/m1/s1. The highest BCUT2D eigenvalue weighted by molar-refractivity contribution is 9.10. The number of hydrogen-bond donors (Lipinski definition) is 3. The molecule has 0 aliphatic carbocycles. The van der Waals surface area contributed by atoms with Gasteiger partial charge in [-0.05, 0) is 71.9 Å². The van der Waals surface area contributed by atoms with Crippen molar-refractivity contribution in [1.82, 2.24) is 10.7 Å². The quantitative estimate of drug-likeness (QED) is 0.259. The van der Waals surface area contributed by atoms with Gasteiger partial charge in [-0.15, -0.1) is 0 Å². The molecule has 10 heteroatoms. The Hall–Kier alpha value is -3.40. The van der Waals surface area contributed by atoms with Crippen molar-refractivity contribution in [2.75, 3.05) is 19.0 Å². The Labute approximate surface area is 207 Å². The number of aryl methyl sites for hydroxylation is 2. The molecule has 0 fully saturated rings. The van der Waals surface area contributed by atoms with Crippen molar-refractivity contribution in [2.24, 2.45) is 5.10 Å². The van der Waals surface area contributed by atoms with E-state index in [9.17, 15) is 14.4 Å². The van der Waals surface area contributed by atoms with Crippen LogP contribution in [0, 0.1) is 13.8 Å². The molecule has 34 heavy (non-hydrogen) atoms. The molecule has 9 nitrogen and oxygen atoms in total. The average Bonchev–Trinajstić information content (AvgIpc) is 2.80. The fourth-order valence-electron chi connectivity index (χ4n) is 2.89. The lowest BCUT2D eigenvalue weighted by atomic mass is 10.1. The van der Waals surface area contributed by atoms with Gasteiger partial charge < -0.3 is 20.1 Å². The number of halogens is 1. The normalized spacial score (nSPS) is 11.6. The molecule has 0 spiro atoms. The number of ether oxygens (including phenoxy) is 2. The summed E-state index contributed by atoms with van der Waals surface area (Å²) < 4.78 is 11.6. The molecule has 3 amide bonds. The summed E-state index contributed by atoms with van der Waals surface area (Å²) in [5.41, 5.74) is 5.43. The third-order valence-corrected chi connectivity index (χ3v) is 5.51. The number of carbonyl (C=O) groups is 3. The van der Waals surface area contributed by atoms with Gasteiger partial charge in [-0.3, -0.25) is 14.4 Å². The Morgan fingerprint density at radius 3 is 2.44 bits per heavy atom. The number of hydrazone groups is 1. The molecule has 0 aliphatic rings. The minimum absolute atomic E-state index is 0.113. The summed E-state index contributed by atoms with van der Waals surface area (Å²) in [6, 6.07) is 8.96. The van der Waals surface area contributed by atoms with Crippen LogP contribution in [0.3, 0.4) is 0 Å². The maximum atomic E-state index is 12.4. The largest absolute Gasteiger partial charge is 0.493 e. The van der Waals surface area contributed by atoms with Gasteiger partial charge in [0.05, 0.1) is 17.8 Å². The first kappa shape index (κ1) is 26.8. The monoisotopic (exact) mass is 532 g/mol. The molecule has 3 N–H and O–H groups in total. The molecule has 182 valence electrons. The van der Waals surface area contributed by atoms with Crippen LogP contribution in [-0.4, -0.2) is 43.7 Å². The van der Waals surface area contributed by atoms with Crippen molar-refractivity contribution in [2.45, 2.75) is 40.2 Å². The third-order valence-electron chi connectivity index (χ3n) is 4.92. The van der Waals surface area contributed by atoms with Crippen molar-refractivity contribution in [3.8, 4) is 11.5 Å². The van der Waals surface area contributed by atoms with Gasteiger partial charge in [0, 0.05) is 11.7 Å². The van der Waals surface area contributed by atoms with Crippen LogP contribution in [0.25, 0.3) is 0 Å². The van der Waals surface area contributed by atoms with Gasteiger partial charge in [-0.2, -0.15) is 5.10 Å². The highest BCUT2D eigenvalue weighted by atomic mass is 79.9. The predicted molar refractivity (Wildman–Crippen MR) is 134 cm³/mol. The first-order chi connectivity index (χ1) is 16.2. The molecule has 0 bridgehead atoms. The number of benzene rings is 2. The van der Waals surface area contributed by atoms with Crippen LogP contribution in [0.4, 0.5) is 5.69 Å². The van der Waals surface area contributed by atoms with Crippen molar-refractivity contribution in [3.63, 3.8) is 0 Å². The number of rotatable bonds is 9. The Morgan fingerprint density at radius 1 is 1.15 bits per heavy atom. The van der Waals surface area contributed by atoms with E-state index >= 15 is 0 Å². The fraction of sp³-hybridized carbons (Fsp3) is 0.333. The lowest BCUT2D eigenvalue weighted by Gasteiger charge is -2.15. The number of nitrogens with one attached hydrogen (secondary N) is 3. The second kappa shape index (κ2) is 12.7. The van der Waals surface area contributed by atoms with Crippen LogP contribution < -0.4 is 25.5 Å². The number of carbonyl (C=O) groups excluding carboxylic acids is 3. The van der Waals surface area contributed by atoms with E-state index < -0.39 is 11.8 Å². The van der Waals surface area contributed by atoms with Gasteiger partial charge in [0.15, 0.2) is 18.1 Å². The summed E-state index contributed by atoms with van der Waals surface area (Å²) >= 11 is 3.41. The van der Waals surface area contributed by atoms with Gasteiger partial charge in [0.1, 0.15) is 0 Å². The van der Waals surface area contributed by atoms with Gasteiger partial charge >= 0.3 is 11.8 Å². The van der Waals surface area contributed by atoms with Crippen molar-refractivity contribution >= 4 is 45.6 Å². The highest BCUT2D eigenvalue weighted by Crippen LogP contribution is 2.36. The van der Waals surface area contributed by atoms with E-state index in [1.165, 1.54) is 13.3 Å². The summed E-state index contributed by atoms with van der Waals surface area (Å²) in [6.45, 7) is 7.32. The molecule has 2 aromatic carbocycles. The van der Waals surface area contributed by atoms with Crippen LogP contribution in [0.5, 0.6) is 11.5 Å². The van der Waals surface area contributed by atoms with Gasteiger partial charge in [0.2, 0.25) is 0 Å². The first-order valence-electron chi connectivity index (χ1n) is 10.7. The van der Waals surface area contributed by atoms with Crippen LogP contribution >= 0.6 is 15.9 Å². The summed E-state index contributed by atoms with van der Waals surface area (Å²) in [7, 11) is 1.47. The van der Waals surface area contributed by atoms with Crippen molar-refractivity contribution < 1.29 is 23.9 Å². The molecule has 2 aromatic rings. The molecule has 0 saturated carbocycles. The highest BCUT2D eigenvalue weighted by Gasteiger charge is 2.16. The van der Waals surface area contributed by atoms with Crippen LogP contribution in [0.2, 0.25) is 0 Å². The smallest absolute Gasteiger partial charge is 0.329 e. The molecule has 1 atom stereocenters. The topological polar surface area (TPSA) is 118 Å². The van der Waals surface area contributed by atoms with Crippen molar-refractivity contribution in [1.29, 1.82) is 0 Å². The molecule has 0 unspecified atom stereocenters. The Morgan fingerprint density at radius 2 is 1.82 bits per heavy atom. The number of amides is 3. The van der Waals surface area contributed by atoms with Gasteiger partial charge in [-0.1, -0.05) is 25.1 Å². The van der Waals surface area contributed by atoms with E-state index in [2.05, 4.69) is 37.1 Å². The molecule has 0 saturated heterocycles. The lowest BCUT2D eigenvalue weighted by Crippen LogP contribution is -2.41. The molecular weight excluding hydrogens is 504 g/mol. The SMILES string of the molecule is CC[C@@H](C)NC(=O)C(=O)N/N=C\c1cc(Br)c(OCC(=O)Nc2c(C)cccc2C)c(OC)c1. The maximum Gasteiger partial charge on any atom is 0.329 e. The molecule has 0 aromatic heterocycles. The van der Waals surface area contributed by atoms with E-state index in [1.54, 1.807) is 19.1 Å². The summed E-state index contributed by atoms with van der Waals surface area (Å²) in [5.74, 6) is -1.23. The molecule has 0 aliphatic heterocycles. The minimum atomic E-state index is -0.863. The molecule has 2 rings (SSSR count). The number of hydrogen-bond acceptors (Lipinski definition) is 6. The zero-order valence-electron chi connectivity index (χ0n) is 19.8. The number of anilines is 1. The zero-order valence-corrected chi connectivity index (χ0v) is 21.4. The van der Waals surface area contributed by atoms with Crippen LogP contribution in [0.15, 0.2) is 39.9 Å². The summed E-state index contributed by atoms with van der Waals surface area (Å²) in [6.07, 6.45) is 2.07. The maximum absolute atomic E-state index is 12.4. The Kier molecular flexibility index (Phi) is 10.1. The zero-order chi connectivity index (χ0) is 25.3. The average molecular weight is 533 g/mol. The second-order valence-electron chi connectivity index (χ2n) is 7.62. The number of para-hydroxylation sites is 1. The second-order valence-corrected chi connectivity index (χ2v) is 8.47. The summed E-state index contributed by atoms with van der Waals surface area (Å²) in [5, 5.41) is 9.23. The molecule has 0 heterocycles.